The number of amides is 3. The molecular formula is C38H34BrF2N5O5. The van der Waals surface area contributed by atoms with Crippen molar-refractivity contribution in [3.63, 3.8) is 0 Å². The van der Waals surface area contributed by atoms with Crippen LogP contribution in [0.25, 0.3) is 32.8 Å². The lowest BCUT2D eigenvalue weighted by molar-refractivity contribution is -0.134. The van der Waals surface area contributed by atoms with Gasteiger partial charge in [-0.1, -0.05) is 34.8 Å². The molecular weight excluding hydrogens is 724 g/mol. The molecule has 13 heteroatoms. The van der Waals surface area contributed by atoms with E-state index in [1.165, 1.54) is 18.5 Å². The molecule has 3 N–H and O–H groups in total. The fraction of sp³-hybridized carbons (Fsp3) is 0.263. The number of anilines is 2. The van der Waals surface area contributed by atoms with Crippen LogP contribution < -0.4 is 20.7 Å². The van der Waals surface area contributed by atoms with Crippen molar-refractivity contribution < 1.29 is 32.3 Å². The molecule has 0 saturated carbocycles. The Bertz CT molecular complexity index is 2320. The second-order valence-corrected chi connectivity index (χ2v) is 13.5. The van der Waals surface area contributed by atoms with E-state index >= 15 is 4.39 Å². The van der Waals surface area contributed by atoms with Gasteiger partial charge in [0.2, 0.25) is 11.8 Å². The minimum absolute atomic E-state index is 0.0292. The standard InChI is InChI=1S/C38H34BrF2N5O5/c1-46-20-43-36-30(46)18-26(35(34(36)41)44-29-11-7-22(39)17-28(29)40)37(48)42-14-4-2-3-5-15-50-23-8-9-24-21(16-23)6-12-31-33(24)27(19-51-31)25-10-13-32(47)45-38(25)49/h6-9,11-12,16-20,25,44H,2-5,10,13-15H2,1H3,(H,42,48)(H,45,47,49). The maximum absolute atomic E-state index is 15.6. The highest BCUT2D eigenvalue weighted by molar-refractivity contribution is 9.10. The largest absolute Gasteiger partial charge is 0.494 e. The fourth-order valence-corrected chi connectivity index (χ4v) is 6.86. The third-order valence-corrected chi connectivity index (χ3v) is 9.68. The minimum atomic E-state index is -0.737. The Morgan fingerprint density at radius 3 is 2.75 bits per heavy atom. The van der Waals surface area contributed by atoms with Crippen molar-refractivity contribution in [2.45, 2.75) is 44.4 Å². The smallest absolute Gasteiger partial charge is 0.253 e. The van der Waals surface area contributed by atoms with E-state index in [4.69, 9.17) is 9.15 Å². The number of carbonyl (C=O) groups excluding carboxylic acids is 3. The number of benzene rings is 4. The number of fused-ring (bicyclic) bond motifs is 4. The first-order valence-electron chi connectivity index (χ1n) is 16.7. The van der Waals surface area contributed by atoms with Crippen molar-refractivity contribution in [2.75, 3.05) is 18.5 Å². The second-order valence-electron chi connectivity index (χ2n) is 12.6. The molecule has 4 aromatic carbocycles. The highest BCUT2D eigenvalue weighted by Crippen LogP contribution is 2.38. The van der Waals surface area contributed by atoms with Gasteiger partial charge in [-0.2, -0.15) is 0 Å². The van der Waals surface area contributed by atoms with E-state index in [0.717, 1.165) is 46.7 Å². The van der Waals surface area contributed by atoms with Crippen LogP contribution in [0.2, 0.25) is 0 Å². The van der Waals surface area contributed by atoms with E-state index in [1.54, 1.807) is 30.0 Å². The van der Waals surface area contributed by atoms with Gasteiger partial charge in [0.1, 0.15) is 22.7 Å². The molecule has 1 saturated heterocycles. The van der Waals surface area contributed by atoms with Crippen LogP contribution in [0.15, 0.2) is 76.1 Å². The molecule has 0 radical (unpaired) electrons. The number of hydrogen-bond donors (Lipinski definition) is 3. The van der Waals surface area contributed by atoms with Crippen molar-refractivity contribution in [1.82, 2.24) is 20.2 Å². The lowest BCUT2D eigenvalue weighted by atomic mass is 9.89. The van der Waals surface area contributed by atoms with E-state index < -0.39 is 23.5 Å². The summed E-state index contributed by atoms with van der Waals surface area (Å²) in [4.78, 5) is 41.6. The number of unbranched alkanes of at least 4 members (excludes halogenated alkanes) is 3. The Balaban J connectivity index is 0.918. The number of hydrogen-bond acceptors (Lipinski definition) is 7. The molecule has 0 spiro atoms. The summed E-state index contributed by atoms with van der Waals surface area (Å²) in [5.74, 6) is -2.09. The predicted octanol–water partition coefficient (Wildman–Crippen LogP) is 8.15. The average Bonchev–Trinajstić information content (AvgIpc) is 3.71. The molecule has 2 aromatic heterocycles. The zero-order chi connectivity index (χ0) is 35.6. The van der Waals surface area contributed by atoms with Crippen molar-refractivity contribution in [2.24, 2.45) is 7.05 Å². The van der Waals surface area contributed by atoms with Gasteiger partial charge >= 0.3 is 0 Å². The van der Waals surface area contributed by atoms with Crippen LogP contribution in [-0.4, -0.2) is 40.4 Å². The van der Waals surface area contributed by atoms with Crippen molar-refractivity contribution in [3.05, 3.63) is 94.4 Å². The molecule has 6 aromatic rings. The summed E-state index contributed by atoms with van der Waals surface area (Å²) in [7, 11) is 1.71. The summed E-state index contributed by atoms with van der Waals surface area (Å²) in [6.07, 6.45) is 7.04. The fourth-order valence-electron chi connectivity index (χ4n) is 6.53. The molecule has 51 heavy (non-hydrogen) atoms. The van der Waals surface area contributed by atoms with Gasteiger partial charge in [0.25, 0.3) is 5.91 Å². The monoisotopic (exact) mass is 757 g/mol. The van der Waals surface area contributed by atoms with Gasteiger partial charge in [-0.25, -0.2) is 13.8 Å². The Morgan fingerprint density at radius 2 is 1.92 bits per heavy atom. The Kier molecular flexibility index (Phi) is 9.72. The number of nitrogens with zero attached hydrogens (tertiary/aromatic N) is 2. The molecule has 10 nitrogen and oxygen atoms in total. The summed E-state index contributed by atoms with van der Waals surface area (Å²) in [5, 5.41) is 10.8. The number of ether oxygens (including phenoxy) is 1. The van der Waals surface area contributed by atoms with Crippen LogP contribution in [-0.2, 0) is 16.6 Å². The van der Waals surface area contributed by atoms with Crippen LogP contribution in [0.4, 0.5) is 20.2 Å². The molecule has 262 valence electrons. The van der Waals surface area contributed by atoms with Gasteiger partial charge in [0.05, 0.1) is 47.6 Å². The first kappa shape index (κ1) is 34.2. The molecule has 1 aliphatic heterocycles. The van der Waals surface area contributed by atoms with Crippen molar-refractivity contribution >= 4 is 77.8 Å². The number of furan rings is 1. The van der Waals surface area contributed by atoms with Gasteiger partial charge in [0.15, 0.2) is 5.82 Å². The Hall–Kier alpha value is -5.30. The first-order valence-corrected chi connectivity index (χ1v) is 17.5. The number of imide groups is 1. The average molecular weight is 759 g/mol. The highest BCUT2D eigenvalue weighted by Gasteiger charge is 2.31. The number of halogens is 3. The first-order chi connectivity index (χ1) is 24.7. The normalized spacial score (nSPS) is 14.7. The van der Waals surface area contributed by atoms with Crippen LogP contribution in [0.5, 0.6) is 5.75 Å². The van der Waals surface area contributed by atoms with E-state index in [2.05, 4.69) is 36.9 Å². The minimum Gasteiger partial charge on any atom is -0.494 e. The molecule has 1 unspecified atom stereocenters. The zero-order valence-electron chi connectivity index (χ0n) is 27.7. The zero-order valence-corrected chi connectivity index (χ0v) is 29.2. The van der Waals surface area contributed by atoms with Crippen molar-refractivity contribution in [3.8, 4) is 5.75 Å². The van der Waals surface area contributed by atoms with E-state index in [1.807, 2.05) is 30.3 Å². The number of nitrogens with one attached hydrogen (secondary N) is 3. The van der Waals surface area contributed by atoms with Crippen LogP contribution in [0.3, 0.4) is 0 Å². The molecule has 1 atom stereocenters. The molecule has 0 aliphatic carbocycles. The quantitative estimate of drug-likeness (QED) is 0.0850. The molecule has 1 fully saturated rings. The van der Waals surface area contributed by atoms with Gasteiger partial charge < -0.3 is 24.4 Å². The molecule has 1 aliphatic rings. The van der Waals surface area contributed by atoms with E-state index in [9.17, 15) is 18.8 Å². The predicted molar refractivity (Wildman–Crippen MR) is 193 cm³/mol. The molecule has 3 amide bonds. The number of carbonyl (C=O) groups is 3. The number of rotatable bonds is 12. The Labute approximate surface area is 299 Å². The highest BCUT2D eigenvalue weighted by atomic mass is 79.9. The van der Waals surface area contributed by atoms with Crippen LogP contribution >= 0.6 is 15.9 Å². The number of aromatic nitrogens is 2. The maximum atomic E-state index is 15.6. The third-order valence-electron chi connectivity index (χ3n) is 9.19. The van der Waals surface area contributed by atoms with Crippen molar-refractivity contribution in [1.29, 1.82) is 0 Å². The van der Waals surface area contributed by atoms with E-state index in [-0.39, 0.29) is 34.3 Å². The maximum Gasteiger partial charge on any atom is 0.253 e. The molecule has 7 rings (SSSR count). The molecule has 3 heterocycles. The summed E-state index contributed by atoms with van der Waals surface area (Å²) < 4.78 is 44.2. The van der Waals surface area contributed by atoms with Gasteiger partial charge in [-0.05, 0) is 78.6 Å². The second kappa shape index (κ2) is 14.5. The Morgan fingerprint density at radius 1 is 1.08 bits per heavy atom. The number of aryl methyl sites for hydroxylation is 1. The summed E-state index contributed by atoms with van der Waals surface area (Å²) in [5.41, 5.74) is 1.92. The SMILES string of the molecule is Cn1cnc2c(F)c(Nc3ccc(Br)cc3F)c(C(=O)NCCCCCCOc3ccc4c(ccc5occ(C6CCC(=O)NC6=O)c54)c3)cc21. The van der Waals surface area contributed by atoms with E-state index in [0.29, 0.717) is 48.0 Å². The lowest BCUT2D eigenvalue weighted by Crippen LogP contribution is -2.39. The molecule has 0 bridgehead atoms. The van der Waals surface area contributed by atoms with Gasteiger partial charge in [0, 0.05) is 35.4 Å². The summed E-state index contributed by atoms with van der Waals surface area (Å²) in [6.45, 7) is 0.893. The number of imidazole rings is 1. The van der Waals surface area contributed by atoms with Crippen LogP contribution in [0, 0.1) is 11.6 Å². The summed E-state index contributed by atoms with van der Waals surface area (Å²) >= 11 is 3.22. The van der Waals surface area contributed by atoms with Crippen LogP contribution in [0.1, 0.15) is 60.4 Å². The topological polar surface area (TPSA) is 127 Å². The van der Waals surface area contributed by atoms with Gasteiger partial charge in [-0.15, -0.1) is 0 Å². The summed E-state index contributed by atoms with van der Waals surface area (Å²) in [6, 6.07) is 15.6. The third kappa shape index (κ3) is 7.03. The lowest BCUT2D eigenvalue weighted by Gasteiger charge is -2.20. The van der Waals surface area contributed by atoms with Gasteiger partial charge in [-0.3, -0.25) is 19.7 Å². The number of piperidine rings is 1.